The first-order chi connectivity index (χ1) is 10.0. The van der Waals surface area contributed by atoms with E-state index in [0.29, 0.717) is 5.92 Å². The van der Waals surface area contributed by atoms with E-state index in [0.717, 1.165) is 38.2 Å². The molecule has 0 bridgehead atoms. The second kappa shape index (κ2) is 6.55. The van der Waals surface area contributed by atoms with Gasteiger partial charge in [-0.15, -0.1) is 0 Å². The van der Waals surface area contributed by atoms with Gasteiger partial charge in [-0.3, -0.25) is 10.1 Å². The maximum Gasteiger partial charge on any atom is 0.289 e. The Morgan fingerprint density at radius 3 is 2.62 bits per heavy atom. The topological polar surface area (TPSA) is 73.4 Å². The number of piperidine rings is 1. The van der Waals surface area contributed by atoms with E-state index in [4.69, 9.17) is 5.26 Å². The van der Waals surface area contributed by atoms with Gasteiger partial charge >= 0.3 is 0 Å². The highest BCUT2D eigenvalue weighted by molar-refractivity contribution is 5.60. The minimum Gasteiger partial charge on any atom is -0.371 e. The van der Waals surface area contributed by atoms with Crippen molar-refractivity contribution in [1.82, 2.24) is 4.90 Å². The van der Waals surface area contributed by atoms with E-state index >= 15 is 0 Å². The number of rotatable bonds is 4. The zero-order valence-corrected chi connectivity index (χ0v) is 12.5. The van der Waals surface area contributed by atoms with Gasteiger partial charge in [0.1, 0.15) is 11.6 Å². The van der Waals surface area contributed by atoms with Crippen LogP contribution in [0.15, 0.2) is 18.2 Å². The zero-order chi connectivity index (χ0) is 15.4. The van der Waals surface area contributed by atoms with Crippen LogP contribution in [-0.2, 0) is 0 Å². The molecule has 0 unspecified atom stereocenters. The van der Waals surface area contributed by atoms with Crippen LogP contribution in [-0.4, -0.2) is 43.6 Å². The normalized spacial score (nSPS) is 16.0. The molecule has 0 aromatic heterocycles. The molecule has 0 aliphatic carbocycles. The van der Waals surface area contributed by atoms with Crippen LogP contribution in [0.1, 0.15) is 18.4 Å². The second-order valence-electron chi connectivity index (χ2n) is 5.76. The average Bonchev–Trinajstić information content (AvgIpc) is 2.46. The molecule has 1 saturated heterocycles. The van der Waals surface area contributed by atoms with Crippen molar-refractivity contribution >= 4 is 11.4 Å². The second-order valence-corrected chi connectivity index (χ2v) is 5.76. The standard InChI is InChI=1S/C15H20N4O2/c1-17(2)11-12-5-7-18(8-6-12)14-4-3-13(10-16)15(9-14)19(20)21/h3-4,9,12H,5-8,11H2,1-2H3. The highest BCUT2D eigenvalue weighted by Gasteiger charge is 2.22. The summed E-state index contributed by atoms with van der Waals surface area (Å²) in [5.74, 6) is 0.685. The van der Waals surface area contributed by atoms with Crippen molar-refractivity contribution in [1.29, 1.82) is 5.26 Å². The summed E-state index contributed by atoms with van der Waals surface area (Å²) in [4.78, 5) is 14.9. The molecule has 0 N–H and O–H groups in total. The van der Waals surface area contributed by atoms with E-state index in [2.05, 4.69) is 23.9 Å². The quantitative estimate of drug-likeness (QED) is 0.627. The van der Waals surface area contributed by atoms with Crippen LogP contribution in [0, 0.1) is 27.4 Å². The fraction of sp³-hybridized carbons (Fsp3) is 0.533. The van der Waals surface area contributed by atoms with Crippen molar-refractivity contribution in [2.75, 3.05) is 38.6 Å². The number of hydrogen-bond acceptors (Lipinski definition) is 5. The summed E-state index contributed by atoms with van der Waals surface area (Å²) in [7, 11) is 4.16. The fourth-order valence-electron chi connectivity index (χ4n) is 2.85. The smallest absolute Gasteiger partial charge is 0.289 e. The lowest BCUT2D eigenvalue weighted by Crippen LogP contribution is -2.37. The molecule has 112 valence electrons. The van der Waals surface area contributed by atoms with Crippen LogP contribution in [0.25, 0.3) is 0 Å². The molecular weight excluding hydrogens is 268 g/mol. The number of nitriles is 1. The van der Waals surface area contributed by atoms with Crippen molar-refractivity contribution in [3.05, 3.63) is 33.9 Å². The van der Waals surface area contributed by atoms with Gasteiger partial charge in [-0.05, 0) is 45.0 Å². The van der Waals surface area contributed by atoms with E-state index in [9.17, 15) is 10.1 Å². The monoisotopic (exact) mass is 288 g/mol. The number of hydrogen-bond donors (Lipinski definition) is 0. The van der Waals surface area contributed by atoms with E-state index in [1.165, 1.54) is 6.07 Å². The van der Waals surface area contributed by atoms with Crippen LogP contribution >= 0.6 is 0 Å². The lowest BCUT2D eigenvalue weighted by molar-refractivity contribution is -0.385. The molecule has 1 aliphatic rings. The van der Waals surface area contributed by atoms with Gasteiger partial charge in [0.2, 0.25) is 0 Å². The Labute approximate surface area is 124 Å². The summed E-state index contributed by atoms with van der Waals surface area (Å²) in [6.45, 7) is 2.89. The molecule has 0 amide bonds. The predicted octanol–water partition coefficient (Wildman–Crippen LogP) is 2.24. The van der Waals surface area contributed by atoms with E-state index in [1.807, 2.05) is 6.07 Å². The van der Waals surface area contributed by atoms with Gasteiger partial charge in [-0.2, -0.15) is 5.26 Å². The summed E-state index contributed by atoms with van der Waals surface area (Å²) in [5, 5.41) is 19.9. The number of nitro benzene ring substituents is 1. The molecule has 1 aromatic rings. The van der Waals surface area contributed by atoms with E-state index < -0.39 is 4.92 Å². The Balaban J connectivity index is 2.09. The highest BCUT2D eigenvalue weighted by Crippen LogP contribution is 2.28. The third-order valence-electron chi connectivity index (χ3n) is 3.90. The molecule has 0 radical (unpaired) electrons. The molecule has 6 nitrogen and oxygen atoms in total. The van der Waals surface area contributed by atoms with Crippen molar-refractivity contribution < 1.29 is 4.92 Å². The van der Waals surface area contributed by atoms with Gasteiger partial charge in [-0.1, -0.05) is 0 Å². The summed E-state index contributed by atoms with van der Waals surface area (Å²) < 4.78 is 0. The molecule has 0 spiro atoms. The molecule has 2 rings (SSSR count). The molecule has 0 saturated carbocycles. The van der Waals surface area contributed by atoms with Gasteiger partial charge in [0.05, 0.1) is 4.92 Å². The van der Waals surface area contributed by atoms with Crippen molar-refractivity contribution in [3.8, 4) is 6.07 Å². The maximum atomic E-state index is 11.0. The van der Waals surface area contributed by atoms with Crippen molar-refractivity contribution in [2.45, 2.75) is 12.8 Å². The molecule has 1 fully saturated rings. The fourth-order valence-corrected chi connectivity index (χ4v) is 2.85. The summed E-state index contributed by atoms with van der Waals surface area (Å²) >= 11 is 0. The van der Waals surface area contributed by atoms with E-state index in [-0.39, 0.29) is 11.3 Å². The minimum atomic E-state index is -0.485. The number of benzene rings is 1. The summed E-state index contributed by atoms with van der Waals surface area (Å²) in [6, 6.07) is 6.73. The maximum absolute atomic E-state index is 11.0. The van der Waals surface area contributed by atoms with Gasteiger partial charge in [-0.25, -0.2) is 0 Å². The summed E-state index contributed by atoms with van der Waals surface area (Å²) in [5.41, 5.74) is 0.848. The Hall–Kier alpha value is -2.13. The molecular formula is C15H20N4O2. The highest BCUT2D eigenvalue weighted by atomic mass is 16.6. The third-order valence-corrected chi connectivity index (χ3v) is 3.90. The SMILES string of the molecule is CN(C)CC1CCN(c2ccc(C#N)c([N+](=O)[O-])c2)CC1. The van der Waals surface area contributed by atoms with Crippen LogP contribution in [0.5, 0.6) is 0 Å². The lowest BCUT2D eigenvalue weighted by atomic mass is 9.96. The average molecular weight is 288 g/mol. The molecule has 1 heterocycles. The van der Waals surface area contributed by atoms with Gasteiger partial charge in [0, 0.05) is 31.4 Å². The Bertz CT molecular complexity index is 557. The van der Waals surface area contributed by atoms with Crippen molar-refractivity contribution in [3.63, 3.8) is 0 Å². The van der Waals surface area contributed by atoms with Crippen LogP contribution in [0.2, 0.25) is 0 Å². The first kappa shape index (κ1) is 15.3. The van der Waals surface area contributed by atoms with Crippen molar-refractivity contribution in [2.24, 2.45) is 5.92 Å². The van der Waals surface area contributed by atoms with Gasteiger partial charge < -0.3 is 9.80 Å². The van der Waals surface area contributed by atoms with Crippen LogP contribution < -0.4 is 4.90 Å². The molecule has 1 aromatic carbocycles. The third kappa shape index (κ3) is 3.70. The molecule has 6 heteroatoms. The number of nitrogens with zero attached hydrogens (tertiary/aromatic N) is 4. The van der Waals surface area contributed by atoms with E-state index in [1.54, 1.807) is 12.1 Å². The molecule has 21 heavy (non-hydrogen) atoms. The Kier molecular flexibility index (Phi) is 4.76. The minimum absolute atomic E-state index is 0.106. The van der Waals surface area contributed by atoms with Gasteiger partial charge in [0.15, 0.2) is 0 Å². The molecule has 0 atom stereocenters. The molecule has 1 aliphatic heterocycles. The van der Waals surface area contributed by atoms with Crippen LogP contribution in [0.3, 0.4) is 0 Å². The first-order valence-electron chi connectivity index (χ1n) is 7.09. The Morgan fingerprint density at radius 2 is 2.10 bits per heavy atom. The summed E-state index contributed by atoms with van der Waals surface area (Å²) in [6.07, 6.45) is 2.18. The lowest BCUT2D eigenvalue weighted by Gasteiger charge is -2.34. The van der Waals surface area contributed by atoms with Gasteiger partial charge in [0.25, 0.3) is 5.69 Å². The zero-order valence-electron chi connectivity index (χ0n) is 12.5. The largest absolute Gasteiger partial charge is 0.371 e. The Morgan fingerprint density at radius 1 is 1.43 bits per heavy atom. The number of nitro groups is 1. The first-order valence-corrected chi connectivity index (χ1v) is 7.09. The van der Waals surface area contributed by atoms with Crippen LogP contribution in [0.4, 0.5) is 11.4 Å². The number of anilines is 1. The predicted molar refractivity (Wildman–Crippen MR) is 81.3 cm³/mol.